The van der Waals surface area contributed by atoms with Crippen molar-refractivity contribution in [1.82, 2.24) is 5.32 Å². The van der Waals surface area contributed by atoms with Crippen LogP contribution < -0.4 is 5.32 Å². The molecule has 9 heavy (non-hydrogen) atoms. The van der Waals surface area contributed by atoms with E-state index in [1.165, 1.54) is 7.05 Å². The molecule has 0 aromatic carbocycles. The molecule has 0 aromatic heterocycles. The van der Waals surface area contributed by atoms with E-state index in [9.17, 15) is 13.2 Å². The van der Waals surface area contributed by atoms with Crippen LogP contribution in [-0.2, 0) is 0 Å². The third-order valence-electron chi connectivity index (χ3n) is 0.495. The Bertz CT molecular complexity index is 127. The van der Waals surface area contributed by atoms with Gasteiger partial charge in [-0.2, -0.15) is 13.2 Å². The fourth-order valence-corrected chi connectivity index (χ4v) is 0.233. The first-order chi connectivity index (χ1) is 4.06. The second-order valence-corrected chi connectivity index (χ2v) is 1.33. The quantitative estimate of drug-likeness (QED) is 0.526. The molecular weight excluding hydrogens is 131 g/mol. The van der Waals surface area contributed by atoms with Gasteiger partial charge >= 0.3 is 6.18 Å². The minimum atomic E-state index is -4.35. The molecule has 0 aliphatic rings. The number of rotatable bonds is 1. The summed E-state index contributed by atoms with van der Waals surface area (Å²) in [6, 6.07) is 0. The second-order valence-electron chi connectivity index (χ2n) is 1.33. The Balaban J connectivity index is 3.59. The zero-order chi connectivity index (χ0) is 7.33. The maximum absolute atomic E-state index is 11.2. The Morgan fingerprint density at radius 3 is 2.33 bits per heavy atom. The number of hydrogen-bond acceptors (Lipinski definition) is 1. The largest absolute Gasteiger partial charge is 0.457 e. The van der Waals surface area contributed by atoms with Gasteiger partial charge in [0.1, 0.15) is 0 Å². The topological polar surface area (TPSA) is 12.0 Å². The van der Waals surface area contributed by atoms with Gasteiger partial charge in [0.2, 0.25) is 0 Å². The van der Waals surface area contributed by atoms with E-state index in [1.807, 2.05) is 5.92 Å². The van der Waals surface area contributed by atoms with Gasteiger partial charge in [-0.3, -0.25) is 0 Å². The van der Waals surface area contributed by atoms with E-state index in [2.05, 4.69) is 5.32 Å². The molecule has 0 amide bonds. The van der Waals surface area contributed by atoms with Gasteiger partial charge in [-0.15, -0.1) is 0 Å². The lowest BCUT2D eigenvalue weighted by Gasteiger charge is -1.91. The maximum atomic E-state index is 11.2. The monoisotopic (exact) mass is 137 g/mol. The van der Waals surface area contributed by atoms with E-state index >= 15 is 0 Å². The van der Waals surface area contributed by atoms with Crippen molar-refractivity contribution in [2.24, 2.45) is 0 Å². The highest BCUT2D eigenvalue weighted by Crippen LogP contribution is 2.11. The summed E-state index contributed by atoms with van der Waals surface area (Å²) < 4.78 is 33.5. The van der Waals surface area contributed by atoms with Crippen molar-refractivity contribution in [2.75, 3.05) is 13.6 Å². The third-order valence-corrected chi connectivity index (χ3v) is 0.495. The molecule has 0 spiro atoms. The van der Waals surface area contributed by atoms with Crippen LogP contribution in [0.25, 0.3) is 0 Å². The summed E-state index contributed by atoms with van der Waals surface area (Å²) >= 11 is 0. The van der Waals surface area contributed by atoms with Crippen molar-refractivity contribution in [2.45, 2.75) is 6.18 Å². The SMILES string of the molecule is CNCC#CC(F)(F)F. The van der Waals surface area contributed by atoms with Crippen LogP contribution in [0.3, 0.4) is 0 Å². The smallest absolute Gasteiger partial charge is 0.309 e. The molecule has 1 N–H and O–H groups in total. The molecule has 4 heteroatoms. The van der Waals surface area contributed by atoms with Crippen molar-refractivity contribution < 1.29 is 13.2 Å². The van der Waals surface area contributed by atoms with Gasteiger partial charge in [0.15, 0.2) is 0 Å². The molecule has 0 aliphatic heterocycles. The highest BCUT2D eigenvalue weighted by atomic mass is 19.4. The van der Waals surface area contributed by atoms with Crippen LogP contribution in [0.15, 0.2) is 0 Å². The predicted molar refractivity (Wildman–Crippen MR) is 27.8 cm³/mol. The fraction of sp³-hybridized carbons (Fsp3) is 0.600. The Hall–Kier alpha value is -0.690. The van der Waals surface area contributed by atoms with Crippen molar-refractivity contribution in [1.29, 1.82) is 0 Å². The third kappa shape index (κ3) is 7.31. The highest BCUT2D eigenvalue weighted by Gasteiger charge is 2.22. The Morgan fingerprint density at radius 2 is 2.00 bits per heavy atom. The van der Waals surface area contributed by atoms with Gasteiger partial charge in [0, 0.05) is 5.92 Å². The summed E-state index contributed by atoms with van der Waals surface area (Å²) in [4.78, 5) is 0. The van der Waals surface area contributed by atoms with Crippen LogP contribution in [0, 0.1) is 11.8 Å². The zero-order valence-electron chi connectivity index (χ0n) is 4.84. The molecule has 0 heterocycles. The Morgan fingerprint density at radius 1 is 1.44 bits per heavy atom. The number of alkyl halides is 3. The maximum Gasteiger partial charge on any atom is 0.457 e. The number of nitrogens with one attached hydrogen (secondary N) is 1. The van der Waals surface area contributed by atoms with Crippen LogP contribution in [-0.4, -0.2) is 19.8 Å². The van der Waals surface area contributed by atoms with Crippen LogP contribution in [0.4, 0.5) is 13.2 Å². The van der Waals surface area contributed by atoms with Crippen LogP contribution in [0.5, 0.6) is 0 Å². The first-order valence-electron chi connectivity index (χ1n) is 2.27. The minimum Gasteiger partial charge on any atom is -0.309 e. The summed E-state index contributed by atoms with van der Waals surface area (Å²) in [5.41, 5.74) is 0. The normalized spacial score (nSPS) is 10.2. The lowest BCUT2D eigenvalue weighted by Crippen LogP contribution is -2.07. The Kier molecular flexibility index (Phi) is 3.10. The summed E-state index contributed by atoms with van der Waals surface area (Å²) in [5.74, 6) is 3.00. The summed E-state index contributed by atoms with van der Waals surface area (Å²) in [6.07, 6.45) is -4.35. The summed E-state index contributed by atoms with van der Waals surface area (Å²) in [5, 5.41) is 2.47. The van der Waals surface area contributed by atoms with Crippen LogP contribution in [0.2, 0.25) is 0 Å². The van der Waals surface area contributed by atoms with E-state index in [0.717, 1.165) is 5.92 Å². The van der Waals surface area contributed by atoms with E-state index in [4.69, 9.17) is 0 Å². The average Bonchev–Trinajstić information content (AvgIpc) is 1.63. The van der Waals surface area contributed by atoms with Gasteiger partial charge < -0.3 is 5.32 Å². The number of halogens is 3. The van der Waals surface area contributed by atoms with Gasteiger partial charge in [-0.05, 0) is 7.05 Å². The minimum absolute atomic E-state index is 0.0690. The fourth-order valence-electron chi connectivity index (χ4n) is 0.233. The predicted octanol–water partition coefficient (Wildman–Crippen LogP) is 0.772. The molecule has 0 aromatic rings. The van der Waals surface area contributed by atoms with Crippen molar-refractivity contribution >= 4 is 0 Å². The van der Waals surface area contributed by atoms with E-state index < -0.39 is 6.18 Å². The molecule has 0 aliphatic carbocycles. The lowest BCUT2D eigenvalue weighted by atomic mass is 10.5. The molecule has 0 saturated carbocycles. The van der Waals surface area contributed by atoms with Crippen LogP contribution >= 0.6 is 0 Å². The summed E-state index contributed by atoms with van der Waals surface area (Å²) in [6.45, 7) is 0.0690. The van der Waals surface area contributed by atoms with Gasteiger partial charge in [-0.1, -0.05) is 5.92 Å². The molecule has 1 nitrogen and oxygen atoms in total. The van der Waals surface area contributed by atoms with Crippen molar-refractivity contribution in [3.63, 3.8) is 0 Å². The van der Waals surface area contributed by atoms with Crippen molar-refractivity contribution in [3.8, 4) is 11.8 Å². The molecular formula is C5H6F3N. The van der Waals surface area contributed by atoms with Gasteiger partial charge in [0.05, 0.1) is 6.54 Å². The van der Waals surface area contributed by atoms with E-state index in [1.54, 1.807) is 0 Å². The second kappa shape index (κ2) is 3.36. The molecule has 0 unspecified atom stereocenters. The summed E-state index contributed by atoms with van der Waals surface area (Å²) in [7, 11) is 1.53. The molecule has 0 radical (unpaired) electrons. The highest BCUT2D eigenvalue weighted by molar-refractivity contribution is 5.06. The molecule has 0 bridgehead atoms. The van der Waals surface area contributed by atoms with E-state index in [-0.39, 0.29) is 6.54 Å². The van der Waals surface area contributed by atoms with E-state index in [0.29, 0.717) is 0 Å². The zero-order valence-corrected chi connectivity index (χ0v) is 4.84. The number of hydrogen-bond donors (Lipinski definition) is 1. The molecule has 0 saturated heterocycles. The molecule has 52 valence electrons. The molecule has 0 rings (SSSR count). The molecule has 0 fully saturated rings. The molecule has 0 atom stereocenters. The van der Waals surface area contributed by atoms with Crippen LogP contribution in [0.1, 0.15) is 0 Å². The first-order valence-corrected chi connectivity index (χ1v) is 2.27. The van der Waals surface area contributed by atoms with Gasteiger partial charge in [0.25, 0.3) is 0 Å². The lowest BCUT2D eigenvalue weighted by molar-refractivity contribution is -0.0697. The average molecular weight is 137 g/mol. The Labute approximate surface area is 51.2 Å². The first kappa shape index (κ1) is 8.31. The standard InChI is InChI=1S/C5H6F3N/c1-9-4-2-3-5(6,7)8/h9H,4H2,1H3. The van der Waals surface area contributed by atoms with Crippen molar-refractivity contribution in [3.05, 3.63) is 0 Å². The van der Waals surface area contributed by atoms with Gasteiger partial charge in [-0.25, -0.2) is 0 Å².